The summed E-state index contributed by atoms with van der Waals surface area (Å²) in [6.45, 7) is 1.71. The molecule has 0 saturated carbocycles. The van der Waals surface area contributed by atoms with Gasteiger partial charge in [0.05, 0.1) is 23.7 Å². The van der Waals surface area contributed by atoms with Crippen LogP contribution in [0.4, 0.5) is 14.7 Å². The van der Waals surface area contributed by atoms with Crippen LogP contribution in [0.15, 0.2) is 23.4 Å². The molecule has 1 aromatic heterocycles. The van der Waals surface area contributed by atoms with Crippen LogP contribution in [0.5, 0.6) is 5.75 Å². The molecule has 1 heterocycles. The maximum Gasteiger partial charge on any atom is 0.221 e. The van der Waals surface area contributed by atoms with E-state index in [1.54, 1.807) is 6.92 Å². The van der Waals surface area contributed by atoms with E-state index in [0.717, 1.165) is 18.3 Å². The van der Waals surface area contributed by atoms with E-state index in [1.165, 1.54) is 10.9 Å². The lowest BCUT2D eigenvalue weighted by Gasteiger charge is -2.01. The minimum atomic E-state index is -1.07. The van der Waals surface area contributed by atoms with E-state index >= 15 is 0 Å². The van der Waals surface area contributed by atoms with Crippen molar-refractivity contribution < 1.29 is 13.9 Å². The molecule has 94 valence electrons. The molecule has 7 heteroatoms. The topological polar surface area (TPSA) is 76.4 Å². The number of imidazole rings is 1. The molecular formula is C11H10F2N4O. The van der Waals surface area contributed by atoms with Crippen molar-refractivity contribution in [2.75, 3.05) is 5.73 Å². The van der Waals surface area contributed by atoms with E-state index in [1.807, 2.05) is 0 Å². The average molecular weight is 252 g/mol. The van der Waals surface area contributed by atoms with Gasteiger partial charge in [-0.25, -0.2) is 18.4 Å². The number of aryl methyl sites for hydroxylation is 1. The van der Waals surface area contributed by atoms with Crippen molar-refractivity contribution in [1.29, 1.82) is 0 Å². The molecule has 0 aliphatic carbocycles. The Balaban J connectivity index is 2.40. The van der Waals surface area contributed by atoms with Crippen LogP contribution < -0.4 is 5.73 Å². The molecule has 2 rings (SSSR count). The zero-order valence-electron chi connectivity index (χ0n) is 9.43. The maximum absolute atomic E-state index is 13.4. The van der Waals surface area contributed by atoms with Crippen LogP contribution in [0.2, 0.25) is 0 Å². The molecule has 0 spiro atoms. The summed E-state index contributed by atoms with van der Waals surface area (Å²) in [6, 6.07) is 1.88. The molecule has 0 aliphatic rings. The van der Waals surface area contributed by atoms with E-state index in [9.17, 15) is 8.78 Å². The summed E-state index contributed by atoms with van der Waals surface area (Å²) >= 11 is 0. The van der Waals surface area contributed by atoms with Crippen LogP contribution in [0, 0.1) is 18.6 Å². The van der Waals surface area contributed by atoms with Gasteiger partial charge < -0.3 is 10.8 Å². The highest BCUT2D eigenvalue weighted by Crippen LogP contribution is 2.20. The normalized spacial score (nSPS) is 11.3. The summed E-state index contributed by atoms with van der Waals surface area (Å²) in [5.74, 6) is -2.45. The van der Waals surface area contributed by atoms with E-state index in [-0.39, 0.29) is 5.95 Å². The van der Waals surface area contributed by atoms with Gasteiger partial charge in [-0.2, -0.15) is 5.10 Å². The third kappa shape index (κ3) is 2.15. The first kappa shape index (κ1) is 12.0. The largest absolute Gasteiger partial charge is 0.505 e. The van der Waals surface area contributed by atoms with Gasteiger partial charge in [-0.1, -0.05) is 0 Å². The van der Waals surface area contributed by atoms with Gasteiger partial charge >= 0.3 is 0 Å². The molecule has 0 saturated heterocycles. The highest BCUT2D eigenvalue weighted by Gasteiger charge is 2.11. The van der Waals surface area contributed by atoms with Crippen molar-refractivity contribution >= 4 is 12.2 Å². The van der Waals surface area contributed by atoms with E-state index in [4.69, 9.17) is 10.8 Å². The van der Waals surface area contributed by atoms with E-state index in [0.29, 0.717) is 5.69 Å². The van der Waals surface area contributed by atoms with Crippen molar-refractivity contribution in [3.8, 4) is 5.75 Å². The summed E-state index contributed by atoms with van der Waals surface area (Å²) in [5.41, 5.74) is 5.70. The molecule has 5 nitrogen and oxygen atoms in total. The Kier molecular flexibility index (Phi) is 2.97. The fourth-order valence-corrected chi connectivity index (χ4v) is 1.39. The van der Waals surface area contributed by atoms with Crippen LogP contribution in [0.1, 0.15) is 11.3 Å². The number of rotatable bonds is 2. The van der Waals surface area contributed by atoms with Crippen LogP contribution in [0.25, 0.3) is 0 Å². The predicted octanol–water partition coefficient (Wildman–Crippen LogP) is 1.64. The molecule has 18 heavy (non-hydrogen) atoms. The Morgan fingerprint density at radius 1 is 1.44 bits per heavy atom. The predicted molar refractivity (Wildman–Crippen MR) is 62.4 cm³/mol. The zero-order valence-corrected chi connectivity index (χ0v) is 9.43. The highest BCUT2D eigenvalue weighted by atomic mass is 19.1. The smallest absolute Gasteiger partial charge is 0.221 e. The molecule has 0 amide bonds. The lowest BCUT2D eigenvalue weighted by atomic mass is 10.2. The quantitative estimate of drug-likeness (QED) is 0.798. The number of benzene rings is 1. The Labute approximate surface area is 101 Å². The van der Waals surface area contributed by atoms with Crippen molar-refractivity contribution in [2.45, 2.75) is 6.92 Å². The molecule has 1 aromatic carbocycles. The van der Waals surface area contributed by atoms with Gasteiger partial charge in [-0.3, -0.25) is 0 Å². The number of anilines is 1. The van der Waals surface area contributed by atoms with Gasteiger partial charge in [-0.15, -0.1) is 0 Å². The minimum absolute atomic E-state index is 0.102. The summed E-state index contributed by atoms with van der Waals surface area (Å²) in [4.78, 5) is 3.88. The Hall–Kier alpha value is -2.44. The van der Waals surface area contributed by atoms with Crippen LogP contribution >= 0.6 is 0 Å². The van der Waals surface area contributed by atoms with Gasteiger partial charge in [0, 0.05) is 0 Å². The molecular weight excluding hydrogens is 242 g/mol. The number of nitrogens with zero attached hydrogens (tertiary/aromatic N) is 3. The third-order valence-electron chi connectivity index (χ3n) is 2.25. The van der Waals surface area contributed by atoms with Crippen LogP contribution in [-0.2, 0) is 0 Å². The van der Waals surface area contributed by atoms with Crippen molar-refractivity contribution in [2.24, 2.45) is 5.10 Å². The van der Waals surface area contributed by atoms with Gasteiger partial charge in [0.1, 0.15) is 5.82 Å². The number of nitrogens with two attached hydrogens (primary N) is 1. The first-order valence-corrected chi connectivity index (χ1v) is 5.02. The standard InChI is InChI=1S/C11H10F2N4O/c1-6-5-17(11(14)16-6)15-4-7-8(12)2-3-9(18)10(7)13/h2-5,18H,1H3,(H2,14,16). The molecule has 2 aromatic rings. The Morgan fingerprint density at radius 2 is 2.17 bits per heavy atom. The molecule has 0 unspecified atom stereocenters. The number of hydrogen-bond acceptors (Lipinski definition) is 4. The fourth-order valence-electron chi connectivity index (χ4n) is 1.39. The second-order valence-electron chi connectivity index (χ2n) is 3.62. The van der Waals surface area contributed by atoms with Crippen molar-refractivity contribution in [3.63, 3.8) is 0 Å². The van der Waals surface area contributed by atoms with Gasteiger partial charge in [-0.05, 0) is 19.1 Å². The summed E-state index contributed by atoms with van der Waals surface area (Å²) in [7, 11) is 0. The highest BCUT2D eigenvalue weighted by molar-refractivity contribution is 5.81. The van der Waals surface area contributed by atoms with E-state index in [2.05, 4.69) is 10.1 Å². The number of phenols is 1. The third-order valence-corrected chi connectivity index (χ3v) is 2.25. The molecule has 0 aliphatic heterocycles. The molecule has 0 bridgehead atoms. The minimum Gasteiger partial charge on any atom is -0.505 e. The van der Waals surface area contributed by atoms with Crippen LogP contribution in [-0.4, -0.2) is 21.0 Å². The number of halogens is 2. The van der Waals surface area contributed by atoms with E-state index < -0.39 is 22.9 Å². The average Bonchev–Trinajstić information content (AvgIpc) is 2.63. The number of aromatic hydroxyl groups is 1. The molecule has 3 N–H and O–H groups in total. The van der Waals surface area contributed by atoms with Gasteiger partial charge in [0.25, 0.3) is 0 Å². The lowest BCUT2D eigenvalue weighted by Crippen LogP contribution is -1.99. The van der Waals surface area contributed by atoms with Crippen molar-refractivity contribution in [3.05, 3.63) is 41.2 Å². The van der Waals surface area contributed by atoms with Crippen molar-refractivity contribution in [1.82, 2.24) is 9.66 Å². The second-order valence-corrected chi connectivity index (χ2v) is 3.62. The molecule has 0 atom stereocenters. The SMILES string of the molecule is Cc1cn(N=Cc2c(F)ccc(O)c2F)c(N)n1. The Morgan fingerprint density at radius 3 is 2.78 bits per heavy atom. The molecule has 0 fully saturated rings. The van der Waals surface area contributed by atoms with Crippen LogP contribution in [0.3, 0.4) is 0 Å². The number of nitrogen functional groups attached to an aromatic ring is 1. The Bertz CT molecular complexity index is 622. The fraction of sp³-hybridized carbons (Fsp3) is 0.0909. The summed E-state index contributed by atoms with van der Waals surface area (Å²) in [6.07, 6.45) is 2.44. The zero-order chi connectivity index (χ0) is 13.3. The lowest BCUT2D eigenvalue weighted by molar-refractivity contribution is 0.427. The maximum atomic E-state index is 13.4. The number of phenolic OH excluding ortho intramolecular Hbond substituents is 1. The summed E-state index contributed by atoms with van der Waals surface area (Å²) in [5, 5.41) is 12.9. The monoisotopic (exact) mass is 252 g/mol. The second kappa shape index (κ2) is 4.44. The summed E-state index contributed by atoms with van der Waals surface area (Å²) < 4.78 is 28.0. The van der Waals surface area contributed by atoms with Gasteiger partial charge in [0.15, 0.2) is 11.6 Å². The molecule has 0 radical (unpaired) electrons. The van der Waals surface area contributed by atoms with Gasteiger partial charge in [0.2, 0.25) is 5.95 Å². The number of hydrogen-bond donors (Lipinski definition) is 2. The first-order chi connectivity index (χ1) is 8.49. The number of aromatic nitrogens is 2. The first-order valence-electron chi connectivity index (χ1n) is 5.02.